The molecule has 5 aliphatic carbocycles. The topological polar surface area (TPSA) is 168 Å². The first-order valence-electron chi connectivity index (χ1n) is 19.4. The zero-order valence-electron chi connectivity index (χ0n) is 30.0. The standard InChI is InChI=1S/C38H58N4O7S/c1-4-19-39-35(46)33(44)27(21-23-15-16-23)40-34(45)29-25(22-26-30(29)37(26,2)3)32(43)31(24-12-7-5-8-13-24)41-36(47)42-38(17-9-6-10-18-38)28-14-11-20-50(28,48)49/h4,23-31H,1,5-22H2,2-3H3,(H,39,46)(H,40,45)(H2,41,42,47)/t25?,26-,27-,28-,29-,30-,31-/m0/s1. The number of carbonyl (C=O) groups is 5. The summed E-state index contributed by atoms with van der Waals surface area (Å²) in [5.41, 5.74) is -0.984. The summed E-state index contributed by atoms with van der Waals surface area (Å²) in [5, 5.41) is 11.1. The smallest absolute Gasteiger partial charge is 0.315 e. The molecule has 4 amide bonds. The van der Waals surface area contributed by atoms with Gasteiger partial charge < -0.3 is 21.3 Å². The van der Waals surface area contributed by atoms with Gasteiger partial charge in [0.2, 0.25) is 11.7 Å². The molecule has 0 radical (unpaired) electrons. The third kappa shape index (κ3) is 7.56. The monoisotopic (exact) mass is 714 g/mol. The van der Waals surface area contributed by atoms with E-state index in [1.54, 1.807) is 0 Å². The lowest BCUT2D eigenvalue weighted by Crippen LogP contribution is -2.63. The molecule has 1 saturated heterocycles. The van der Waals surface area contributed by atoms with Crippen LogP contribution in [0.15, 0.2) is 12.7 Å². The molecule has 50 heavy (non-hydrogen) atoms. The molecule has 6 fully saturated rings. The summed E-state index contributed by atoms with van der Waals surface area (Å²) in [5.74, 6) is -2.78. The van der Waals surface area contributed by atoms with Crippen molar-refractivity contribution in [2.75, 3.05) is 12.3 Å². The van der Waals surface area contributed by atoms with Crippen LogP contribution in [0.4, 0.5) is 4.79 Å². The number of ketones is 2. The van der Waals surface area contributed by atoms with E-state index in [4.69, 9.17) is 0 Å². The molecule has 0 aromatic carbocycles. The van der Waals surface area contributed by atoms with Crippen molar-refractivity contribution < 1.29 is 32.4 Å². The molecule has 1 heterocycles. The van der Waals surface area contributed by atoms with Crippen molar-refractivity contribution in [3.05, 3.63) is 12.7 Å². The number of nitrogens with one attached hydrogen (secondary N) is 4. The number of fused-ring (bicyclic) bond motifs is 1. The molecule has 5 saturated carbocycles. The molecule has 0 spiro atoms. The van der Waals surface area contributed by atoms with E-state index in [2.05, 4.69) is 41.7 Å². The maximum Gasteiger partial charge on any atom is 0.315 e. The first-order chi connectivity index (χ1) is 23.8. The second-order valence-electron chi connectivity index (χ2n) is 17.0. The molecule has 0 aromatic rings. The van der Waals surface area contributed by atoms with Gasteiger partial charge in [-0.2, -0.15) is 0 Å². The van der Waals surface area contributed by atoms with Gasteiger partial charge in [-0.3, -0.25) is 19.2 Å². The zero-order valence-corrected chi connectivity index (χ0v) is 30.8. The minimum atomic E-state index is -3.34. The van der Waals surface area contributed by atoms with E-state index < -0.39 is 62.3 Å². The minimum absolute atomic E-state index is 0.0402. The number of Topliss-reactive ketones (excluding diaryl/α,β-unsaturated/α-hetero) is 2. The van der Waals surface area contributed by atoms with Gasteiger partial charge in [0.25, 0.3) is 5.91 Å². The molecule has 4 N–H and O–H groups in total. The van der Waals surface area contributed by atoms with E-state index in [-0.39, 0.29) is 53.1 Å². The third-order valence-corrected chi connectivity index (χ3v) is 15.8. The van der Waals surface area contributed by atoms with E-state index in [0.717, 1.165) is 64.2 Å². The first-order valence-corrected chi connectivity index (χ1v) is 21.1. The summed E-state index contributed by atoms with van der Waals surface area (Å²) in [7, 11) is -3.34. The van der Waals surface area contributed by atoms with Crippen LogP contribution in [0.1, 0.15) is 117 Å². The Balaban J connectivity index is 1.22. The van der Waals surface area contributed by atoms with Crippen LogP contribution in [0.5, 0.6) is 0 Å². The Hall–Kier alpha value is -2.76. The molecule has 0 bridgehead atoms. The maximum absolute atomic E-state index is 14.8. The van der Waals surface area contributed by atoms with Gasteiger partial charge in [0.1, 0.15) is 0 Å². The Morgan fingerprint density at radius 2 is 1.56 bits per heavy atom. The second-order valence-corrected chi connectivity index (χ2v) is 19.3. The highest BCUT2D eigenvalue weighted by atomic mass is 32.2. The van der Waals surface area contributed by atoms with Crippen LogP contribution in [0.2, 0.25) is 0 Å². The van der Waals surface area contributed by atoms with Crippen molar-refractivity contribution >= 4 is 39.2 Å². The molecule has 7 atom stereocenters. The SMILES string of the molecule is C=CCNC(=O)C(=O)[C@H](CC1CC1)NC(=O)[C@H]1C(C(=O)[C@@H](NC(=O)NC2([C@@H]3CCCS3(=O)=O)CCCCC2)C2CCCCC2)C[C@H]2[C@@H]1C2(C)C. The van der Waals surface area contributed by atoms with Crippen molar-refractivity contribution in [1.82, 2.24) is 21.3 Å². The Labute approximate surface area is 297 Å². The van der Waals surface area contributed by atoms with Crippen molar-refractivity contribution in [2.45, 2.75) is 139 Å². The van der Waals surface area contributed by atoms with E-state index >= 15 is 0 Å². The molecule has 6 aliphatic rings. The van der Waals surface area contributed by atoms with Gasteiger partial charge in [-0.15, -0.1) is 6.58 Å². The lowest BCUT2D eigenvalue weighted by Gasteiger charge is -2.43. The lowest BCUT2D eigenvalue weighted by atomic mass is 9.74. The number of hydrogen-bond donors (Lipinski definition) is 4. The second kappa shape index (κ2) is 14.7. The predicted molar refractivity (Wildman–Crippen MR) is 190 cm³/mol. The van der Waals surface area contributed by atoms with Crippen LogP contribution in [0.3, 0.4) is 0 Å². The number of urea groups is 1. The first kappa shape index (κ1) is 37.0. The van der Waals surface area contributed by atoms with Crippen LogP contribution < -0.4 is 21.3 Å². The van der Waals surface area contributed by atoms with Gasteiger partial charge in [0.15, 0.2) is 15.6 Å². The summed E-state index contributed by atoms with van der Waals surface area (Å²) < 4.78 is 26.3. The summed E-state index contributed by atoms with van der Waals surface area (Å²) >= 11 is 0. The normalized spacial score (nSPS) is 32.1. The molecule has 1 unspecified atom stereocenters. The Morgan fingerprint density at radius 1 is 0.880 bits per heavy atom. The van der Waals surface area contributed by atoms with Crippen molar-refractivity contribution in [3.63, 3.8) is 0 Å². The van der Waals surface area contributed by atoms with Crippen LogP contribution in [0, 0.1) is 40.9 Å². The number of carbonyl (C=O) groups excluding carboxylic acids is 5. The molecule has 12 heteroatoms. The summed E-state index contributed by atoms with van der Waals surface area (Å²) in [6, 6.07) is -2.26. The van der Waals surface area contributed by atoms with Crippen LogP contribution in [-0.2, 0) is 29.0 Å². The molecule has 6 rings (SSSR count). The van der Waals surface area contributed by atoms with E-state index in [1.165, 1.54) is 6.08 Å². The van der Waals surface area contributed by atoms with E-state index in [1.807, 2.05) is 0 Å². The number of hydrogen-bond acceptors (Lipinski definition) is 7. The van der Waals surface area contributed by atoms with Crippen LogP contribution in [-0.4, -0.2) is 73.0 Å². The number of rotatable bonds is 14. The quantitative estimate of drug-likeness (QED) is 0.155. The Bertz CT molecular complexity index is 1460. The minimum Gasteiger partial charge on any atom is -0.346 e. The highest BCUT2D eigenvalue weighted by molar-refractivity contribution is 7.92. The van der Waals surface area contributed by atoms with Crippen molar-refractivity contribution in [1.29, 1.82) is 0 Å². The highest BCUT2D eigenvalue weighted by Gasteiger charge is 2.70. The molecular weight excluding hydrogens is 657 g/mol. The van der Waals surface area contributed by atoms with Gasteiger partial charge >= 0.3 is 6.03 Å². The molecule has 11 nitrogen and oxygen atoms in total. The summed E-state index contributed by atoms with van der Waals surface area (Å²) in [4.78, 5) is 68.9. The third-order valence-electron chi connectivity index (χ3n) is 13.4. The average molecular weight is 715 g/mol. The predicted octanol–water partition coefficient (Wildman–Crippen LogP) is 4.15. The van der Waals surface area contributed by atoms with Gasteiger partial charge in [0, 0.05) is 12.5 Å². The fraction of sp³-hybridized carbons (Fsp3) is 0.816. The summed E-state index contributed by atoms with van der Waals surface area (Å²) in [6.07, 6.45) is 13.9. The van der Waals surface area contributed by atoms with Crippen LogP contribution in [0.25, 0.3) is 0 Å². The van der Waals surface area contributed by atoms with Crippen molar-refractivity contribution in [3.8, 4) is 0 Å². The average Bonchev–Trinajstić information content (AvgIpc) is 3.88. The highest BCUT2D eigenvalue weighted by Crippen LogP contribution is 2.71. The molecule has 278 valence electrons. The van der Waals surface area contributed by atoms with Gasteiger partial charge in [0.05, 0.1) is 34.5 Å². The summed E-state index contributed by atoms with van der Waals surface area (Å²) in [6.45, 7) is 7.96. The van der Waals surface area contributed by atoms with Crippen molar-refractivity contribution in [2.24, 2.45) is 40.9 Å². The fourth-order valence-electron chi connectivity index (χ4n) is 10.5. The van der Waals surface area contributed by atoms with Gasteiger partial charge in [-0.1, -0.05) is 71.3 Å². The Morgan fingerprint density at radius 3 is 2.18 bits per heavy atom. The van der Waals surface area contributed by atoms with Gasteiger partial charge in [-0.25, -0.2) is 13.2 Å². The number of amides is 4. The number of sulfone groups is 1. The molecule has 1 aliphatic heterocycles. The van der Waals surface area contributed by atoms with Gasteiger partial charge in [-0.05, 0) is 80.5 Å². The largest absolute Gasteiger partial charge is 0.346 e. The Kier molecular flexibility index (Phi) is 10.9. The fourth-order valence-corrected chi connectivity index (χ4v) is 12.9. The van der Waals surface area contributed by atoms with Crippen LogP contribution >= 0.6 is 0 Å². The molecule has 0 aromatic heterocycles. The molecular formula is C38H58N4O7S. The zero-order chi connectivity index (χ0) is 35.8. The maximum atomic E-state index is 14.8. The van der Waals surface area contributed by atoms with E-state index in [0.29, 0.717) is 38.5 Å². The van der Waals surface area contributed by atoms with E-state index in [9.17, 15) is 32.4 Å². The lowest BCUT2D eigenvalue weighted by molar-refractivity contribution is -0.141.